The van der Waals surface area contributed by atoms with E-state index in [2.05, 4.69) is 58.3 Å². The van der Waals surface area contributed by atoms with Crippen LogP contribution >= 0.6 is 12.2 Å². The second-order valence-corrected chi connectivity index (χ2v) is 8.00. The van der Waals surface area contributed by atoms with Crippen LogP contribution in [0.2, 0.25) is 0 Å². The summed E-state index contributed by atoms with van der Waals surface area (Å²) in [6.45, 7) is 2.08. The van der Waals surface area contributed by atoms with Gasteiger partial charge in [0, 0.05) is 29.5 Å². The Kier molecular flexibility index (Phi) is 5.00. The summed E-state index contributed by atoms with van der Waals surface area (Å²) in [5, 5.41) is 4.03. The Hall–Kier alpha value is -3.51. The topological polar surface area (TPSA) is 33.1 Å². The molecule has 0 aliphatic carbocycles. The molecule has 1 N–H and O–H groups in total. The largest absolute Gasteiger partial charge is 0.351 e. The number of hydrogen-bond donors (Lipinski definition) is 1. The van der Waals surface area contributed by atoms with E-state index < -0.39 is 0 Å². The highest BCUT2D eigenvalue weighted by molar-refractivity contribution is 7.80. The summed E-state index contributed by atoms with van der Waals surface area (Å²) in [6.07, 6.45) is 3.84. The minimum Gasteiger partial charge on any atom is -0.351 e. The van der Waals surface area contributed by atoms with Crippen molar-refractivity contribution < 1.29 is 4.39 Å². The van der Waals surface area contributed by atoms with Crippen molar-refractivity contribution >= 4 is 23.0 Å². The van der Waals surface area contributed by atoms with Crippen molar-refractivity contribution in [1.29, 1.82) is 0 Å². The van der Waals surface area contributed by atoms with Crippen LogP contribution in [0.3, 0.4) is 0 Å². The maximum atomic E-state index is 13.6. The Morgan fingerprint density at radius 1 is 0.903 bits per heavy atom. The van der Waals surface area contributed by atoms with Gasteiger partial charge in [-0.05, 0) is 79.8 Å². The average Bonchev–Trinajstić information content (AvgIpc) is 3.40. The Morgan fingerprint density at radius 2 is 1.65 bits per heavy atom. The number of aryl methyl sites for hydroxylation is 1. The number of halogens is 1. The molecule has 31 heavy (non-hydrogen) atoms. The highest BCUT2D eigenvalue weighted by Crippen LogP contribution is 2.42. The zero-order chi connectivity index (χ0) is 21.4. The molecule has 1 aliphatic rings. The molecule has 2 aromatic heterocycles. The Bertz CT molecular complexity index is 1200. The number of anilines is 1. The van der Waals surface area contributed by atoms with E-state index in [1.807, 2.05) is 29.2 Å². The van der Waals surface area contributed by atoms with E-state index in [0.717, 1.165) is 22.8 Å². The highest BCUT2D eigenvalue weighted by atomic mass is 32.1. The molecule has 4 nitrogen and oxygen atoms in total. The fourth-order valence-corrected chi connectivity index (χ4v) is 4.46. The van der Waals surface area contributed by atoms with Crippen molar-refractivity contribution in [1.82, 2.24) is 14.9 Å². The van der Waals surface area contributed by atoms with E-state index >= 15 is 0 Å². The quantitative estimate of drug-likeness (QED) is 0.435. The van der Waals surface area contributed by atoms with Gasteiger partial charge in [-0.15, -0.1) is 0 Å². The standard InChI is InChI=1S/C25H21FN4S/c1-17-7-11-19(12-8-17)29-16-4-6-22(29)24-23(21-5-2-3-15-27-21)28-25(31)30(24)20-13-9-18(26)10-14-20/h2-16,23-24H,1H3,(H,28,31). The van der Waals surface area contributed by atoms with Gasteiger partial charge in [0.25, 0.3) is 0 Å². The molecule has 1 fully saturated rings. The summed E-state index contributed by atoms with van der Waals surface area (Å²) in [7, 11) is 0. The summed E-state index contributed by atoms with van der Waals surface area (Å²) in [4.78, 5) is 6.64. The first-order valence-electron chi connectivity index (χ1n) is 10.1. The number of nitrogens with zero attached hydrogens (tertiary/aromatic N) is 3. The molecule has 154 valence electrons. The number of rotatable bonds is 4. The van der Waals surface area contributed by atoms with Gasteiger partial charge in [0.15, 0.2) is 5.11 Å². The normalized spacial score (nSPS) is 18.3. The minimum absolute atomic E-state index is 0.155. The van der Waals surface area contributed by atoms with Crippen LogP contribution in [0.15, 0.2) is 91.3 Å². The van der Waals surface area contributed by atoms with Crippen molar-refractivity contribution in [3.63, 3.8) is 0 Å². The molecule has 6 heteroatoms. The molecule has 3 heterocycles. The first-order chi connectivity index (χ1) is 15.1. The number of hydrogen-bond acceptors (Lipinski definition) is 2. The average molecular weight is 429 g/mol. The zero-order valence-electron chi connectivity index (χ0n) is 16.9. The number of nitrogens with one attached hydrogen (secondary N) is 1. The Balaban J connectivity index is 1.66. The van der Waals surface area contributed by atoms with Crippen molar-refractivity contribution in [2.75, 3.05) is 4.90 Å². The molecule has 4 aromatic rings. The number of thiocarbonyl (C=S) groups is 1. The van der Waals surface area contributed by atoms with Crippen LogP contribution in [-0.2, 0) is 0 Å². The monoisotopic (exact) mass is 428 g/mol. The third-order valence-corrected chi connectivity index (χ3v) is 5.91. The van der Waals surface area contributed by atoms with Crippen LogP contribution in [0.4, 0.5) is 10.1 Å². The van der Waals surface area contributed by atoms with Gasteiger partial charge in [-0.25, -0.2) is 4.39 Å². The second kappa shape index (κ2) is 7.96. The van der Waals surface area contributed by atoms with Gasteiger partial charge in [0.2, 0.25) is 0 Å². The van der Waals surface area contributed by atoms with E-state index in [9.17, 15) is 4.39 Å². The molecule has 2 aromatic carbocycles. The van der Waals surface area contributed by atoms with Gasteiger partial charge in [0.1, 0.15) is 11.9 Å². The molecule has 0 radical (unpaired) electrons. The van der Waals surface area contributed by atoms with Crippen LogP contribution in [-0.4, -0.2) is 14.7 Å². The summed E-state index contributed by atoms with van der Waals surface area (Å²) in [6, 6.07) is 24.6. The predicted molar refractivity (Wildman–Crippen MR) is 125 cm³/mol. The third-order valence-electron chi connectivity index (χ3n) is 5.60. The van der Waals surface area contributed by atoms with Gasteiger partial charge >= 0.3 is 0 Å². The molecule has 2 atom stereocenters. The Labute approximate surface area is 186 Å². The number of benzene rings is 2. The lowest BCUT2D eigenvalue weighted by molar-refractivity contribution is 0.549. The van der Waals surface area contributed by atoms with Crippen molar-refractivity contribution in [2.24, 2.45) is 0 Å². The number of pyridine rings is 1. The maximum Gasteiger partial charge on any atom is 0.174 e. The van der Waals surface area contributed by atoms with Crippen LogP contribution < -0.4 is 10.2 Å². The lowest BCUT2D eigenvalue weighted by atomic mass is 10.0. The predicted octanol–water partition coefficient (Wildman–Crippen LogP) is 5.50. The van der Waals surface area contributed by atoms with E-state index in [1.54, 1.807) is 18.3 Å². The fourth-order valence-electron chi connectivity index (χ4n) is 4.11. The first kappa shape index (κ1) is 19.5. The number of aromatic nitrogens is 2. The third kappa shape index (κ3) is 3.59. The van der Waals surface area contributed by atoms with Crippen molar-refractivity contribution in [3.05, 3.63) is 114 Å². The molecule has 0 spiro atoms. The summed E-state index contributed by atoms with van der Waals surface area (Å²) in [5.74, 6) is -0.275. The van der Waals surface area contributed by atoms with Gasteiger partial charge in [-0.1, -0.05) is 23.8 Å². The molecule has 0 saturated carbocycles. The summed E-state index contributed by atoms with van der Waals surface area (Å²) in [5.41, 5.74) is 5.08. The molecule has 1 aliphatic heterocycles. The molecular weight excluding hydrogens is 407 g/mol. The molecule has 2 unspecified atom stereocenters. The van der Waals surface area contributed by atoms with Crippen LogP contribution in [0.25, 0.3) is 5.69 Å². The van der Waals surface area contributed by atoms with Crippen LogP contribution in [0.5, 0.6) is 0 Å². The maximum absolute atomic E-state index is 13.6. The highest BCUT2D eigenvalue weighted by Gasteiger charge is 2.42. The van der Waals surface area contributed by atoms with Crippen molar-refractivity contribution in [2.45, 2.75) is 19.0 Å². The van der Waals surface area contributed by atoms with Gasteiger partial charge in [0.05, 0.1) is 11.7 Å². The smallest absolute Gasteiger partial charge is 0.174 e. The lowest BCUT2D eigenvalue weighted by Crippen LogP contribution is -2.30. The van der Waals surface area contributed by atoms with Crippen LogP contribution in [0, 0.1) is 12.7 Å². The molecule has 1 saturated heterocycles. The SMILES string of the molecule is Cc1ccc(-n2cccc2C2C(c3ccccn3)NC(=S)N2c2ccc(F)cc2)cc1. The van der Waals surface area contributed by atoms with Gasteiger partial charge in [-0.2, -0.15) is 0 Å². The van der Waals surface area contributed by atoms with Crippen LogP contribution in [0.1, 0.15) is 29.0 Å². The summed E-state index contributed by atoms with van der Waals surface area (Å²) < 4.78 is 15.8. The second-order valence-electron chi connectivity index (χ2n) is 7.61. The molecule has 0 amide bonds. The minimum atomic E-state index is -0.275. The molecular formula is C25H21FN4S. The Morgan fingerprint density at radius 3 is 2.35 bits per heavy atom. The van der Waals surface area contributed by atoms with E-state index in [1.165, 1.54) is 17.7 Å². The van der Waals surface area contributed by atoms with E-state index in [-0.39, 0.29) is 17.9 Å². The lowest BCUT2D eigenvalue weighted by Gasteiger charge is -2.29. The van der Waals surface area contributed by atoms with Gasteiger partial charge < -0.3 is 14.8 Å². The fraction of sp³-hybridized carbons (Fsp3) is 0.120. The van der Waals surface area contributed by atoms with Crippen molar-refractivity contribution in [3.8, 4) is 5.69 Å². The van der Waals surface area contributed by atoms with Gasteiger partial charge in [-0.3, -0.25) is 4.98 Å². The molecule has 0 bridgehead atoms. The molecule has 5 rings (SSSR count). The first-order valence-corrected chi connectivity index (χ1v) is 10.5. The summed E-state index contributed by atoms with van der Waals surface area (Å²) >= 11 is 5.74. The van der Waals surface area contributed by atoms with E-state index in [0.29, 0.717) is 5.11 Å². The zero-order valence-corrected chi connectivity index (χ0v) is 17.8. The van der Waals surface area contributed by atoms with E-state index in [4.69, 9.17) is 12.2 Å².